The zero-order valence-electron chi connectivity index (χ0n) is 14.1. The molecule has 2 aromatic rings. The summed E-state index contributed by atoms with van der Waals surface area (Å²) in [6, 6.07) is 6.48. The lowest BCUT2D eigenvalue weighted by Gasteiger charge is -2.32. The number of rotatable bonds is 6. The summed E-state index contributed by atoms with van der Waals surface area (Å²) in [4.78, 5) is 6.59. The minimum Gasteiger partial charge on any atom is -0.489 e. The third-order valence-corrected chi connectivity index (χ3v) is 4.06. The van der Waals surface area contributed by atoms with E-state index in [1.165, 1.54) is 6.07 Å². The average Bonchev–Trinajstić information content (AvgIpc) is 2.87. The maximum absolute atomic E-state index is 13.5. The van der Waals surface area contributed by atoms with Gasteiger partial charge in [-0.2, -0.15) is 5.10 Å². The first-order chi connectivity index (χ1) is 11.6. The van der Waals surface area contributed by atoms with Gasteiger partial charge in [0.15, 0.2) is 11.6 Å². The molecule has 1 aromatic carbocycles. The predicted molar refractivity (Wildman–Crippen MR) is 87.6 cm³/mol. The summed E-state index contributed by atoms with van der Waals surface area (Å²) in [7, 11) is 0. The van der Waals surface area contributed by atoms with Gasteiger partial charge in [0.1, 0.15) is 18.3 Å². The van der Waals surface area contributed by atoms with Crippen LogP contribution in [0, 0.1) is 19.7 Å². The molecule has 0 amide bonds. The molecule has 1 fully saturated rings. The molecule has 0 aliphatic carbocycles. The van der Waals surface area contributed by atoms with E-state index in [-0.39, 0.29) is 11.9 Å². The summed E-state index contributed by atoms with van der Waals surface area (Å²) in [6.45, 7) is 8.05. The van der Waals surface area contributed by atoms with Crippen molar-refractivity contribution in [2.45, 2.75) is 26.5 Å². The first kappa shape index (κ1) is 16.9. The highest BCUT2D eigenvalue weighted by Gasteiger charge is 2.22. The molecule has 0 saturated carbocycles. The van der Waals surface area contributed by atoms with Gasteiger partial charge in [-0.05, 0) is 26.0 Å². The maximum Gasteiger partial charge on any atom is 0.165 e. The number of benzene rings is 1. The summed E-state index contributed by atoms with van der Waals surface area (Å²) in [5.41, 5.74) is 0. The van der Waals surface area contributed by atoms with Crippen molar-refractivity contribution >= 4 is 0 Å². The lowest BCUT2D eigenvalue weighted by atomic mass is 10.2. The van der Waals surface area contributed by atoms with Crippen molar-refractivity contribution in [3.63, 3.8) is 0 Å². The van der Waals surface area contributed by atoms with Crippen LogP contribution in [0.15, 0.2) is 24.3 Å². The average molecular weight is 334 g/mol. The molecular formula is C17H23FN4O2. The highest BCUT2D eigenvalue weighted by atomic mass is 19.1. The molecule has 1 aromatic heterocycles. The van der Waals surface area contributed by atoms with Crippen molar-refractivity contribution in [1.29, 1.82) is 0 Å². The molecule has 0 unspecified atom stereocenters. The molecule has 2 heterocycles. The Labute approximate surface area is 141 Å². The molecule has 1 saturated heterocycles. The van der Waals surface area contributed by atoms with Crippen LogP contribution in [0.25, 0.3) is 0 Å². The minimum atomic E-state index is -0.325. The van der Waals surface area contributed by atoms with Crippen molar-refractivity contribution in [1.82, 2.24) is 19.7 Å². The number of nitrogens with zero attached hydrogens (tertiary/aromatic N) is 4. The van der Waals surface area contributed by atoms with Gasteiger partial charge in [-0.1, -0.05) is 12.1 Å². The van der Waals surface area contributed by atoms with E-state index in [4.69, 9.17) is 9.47 Å². The van der Waals surface area contributed by atoms with E-state index in [1.807, 2.05) is 18.5 Å². The normalized spacial score (nSPS) is 18.7. The number of aromatic nitrogens is 3. The van der Waals surface area contributed by atoms with Crippen LogP contribution >= 0.6 is 0 Å². The Balaban J connectivity index is 1.47. The molecule has 0 radical (unpaired) electrons. The molecule has 0 bridgehead atoms. The van der Waals surface area contributed by atoms with Crippen LogP contribution in [0.4, 0.5) is 4.39 Å². The topological polar surface area (TPSA) is 52.4 Å². The molecule has 0 N–H and O–H groups in total. The lowest BCUT2D eigenvalue weighted by molar-refractivity contribution is -0.0404. The van der Waals surface area contributed by atoms with Crippen LogP contribution in [0.5, 0.6) is 5.75 Å². The fourth-order valence-corrected chi connectivity index (χ4v) is 2.87. The highest BCUT2D eigenvalue weighted by molar-refractivity contribution is 5.23. The molecule has 130 valence electrons. The molecule has 1 aliphatic rings. The molecule has 1 atom stereocenters. The minimum absolute atomic E-state index is 0.0759. The molecule has 7 heteroatoms. The smallest absolute Gasteiger partial charge is 0.165 e. The quantitative estimate of drug-likeness (QED) is 0.806. The van der Waals surface area contributed by atoms with Crippen molar-refractivity contribution in [3.05, 3.63) is 41.7 Å². The Morgan fingerprint density at radius 3 is 2.92 bits per heavy atom. The van der Waals surface area contributed by atoms with Gasteiger partial charge in [0.2, 0.25) is 0 Å². The SMILES string of the molecule is Cc1nc(C)n(C[C@@H]2CN(CCOc3ccccc3F)CCO2)n1. The van der Waals surface area contributed by atoms with Gasteiger partial charge in [-0.3, -0.25) is 4.90 Å². The fraction of sp³-hybridized carbons (Fsp3) is 0.529. The number of halogens is 1. The Morgan fingerprint density at radius 1 is 1.33 bits per heavy atom. The van der Waals surface area contributed by atoms with E-state index in [0.717, 1.165) is 31.3 Å². The molecular weight excluding hydrogens is 311 g/mol. The fourth-order valence-electron chi connectivity index (χ4n) is 2.87. The second kappa shape index (κ2) is 7.72. The summed E-state index contributed by atoms with van der Waals surface area (Å²) < 4.78 is 26.8. The standard InChI is InChI=1S/C17H23FN4O2/c1-13-19-14(2)22(20-13)12-15-11-21(7-9-23-15)8-10-24-17-6-4-3-5-16(17)18/h3-6,15H,7-12H2,1-2H3/t15-/m0/s1. The molecule has 0 spiro atoms. The van der Waals surface area contributed by atoms with Crippen LogP contribution in [0.3, 0.4) is 0 Å². The van der Waals surface area contributed by atoms with Gasteiger partial charge in [-0.25, -0.2) is 14.1 Å². The summed E-state index contributed by atoms with van der Waals surface area (Å²) >= 11 is 0. The predicted octanol–water partition coefficient (Wildman–Crippen LogP) is 1.81. The zero-order valence-corrected chi connectivity index (χ0v) is 14.1. The zero-order chi connectivity index (χ0) is 16.9. The summed E-state index contributed by atoms with van der Waals surface area (Å²) in [5, 5.41) is 4.38. The third-order valence-electron chi connectivity index (χ3n) is 4.06. The number of hydrogen-bond acceptors (Lipinski definition) is 5. The van der Waals surface area contributed by atoms with Crippen molar-refractivity contribution in [2.75, 3.05) is 32.8 Å². The van der Waals surface area contributed by atoms with E-state index in [9.17, 15) is 4.39 Å². The van der Waals surface area contributed by atoms with E-state index in [0.29, 0.717) is 25.5 Å². The van der Waals surface area contributed by atoms with Crippen molar-refractivity contribution in [3.8, 4) is 5.75 Å². The van der Waals surface area contributed by atoms with Gasteiger partial charge in [-0.15, -0.1) is 0 Å². The Morgan fingerprint density at radius 2 is 2.17 bits per heavy atom. The number of para-hydroxylation sites is 1. The number of hydrogen-bond donors (Lipinski definition) is 0. The van der Waals surface area contributed by atoms with E-state index >= 15 is 0 Å². The Bertz CT molecular complexity index is 676. The van der Waals surface area contributed by atoms with E-state index in [2.05, 4.69) is 15.0 Å². The van der Waals surface area contributed by atoms with Crippen LogP contribution < -0.4 is 4.74 Å². The van der Waals surface area contributed by atoms with Crippen molar-refractivity contribution < 1.29 is 13.9 Å². The largest absolute Gasteiger partial charge is 0.489 e. The second-order valence-electron chi connectivity index (χ2n) is 5.96. The number of morpholine rings is 1. The maximum atomic E-state index is 13.5. The van der Waals surface area contributed by atoms with Gasteiger partial charge in [0.25, 0.3) is 0 Å². The Hall–Kier alpha value is -1.99. The van der Waals surface area contributed by atoms with Gasteiger partial charge >= 0.3 is 0 Å². The monoisotopic (exact) mass is 334 g/mol. The van der Waals surface area contributed by atoms with E-state index in [1.54, 1.807) is 18.2 Å². The molecule has 6 nitrogen and oxygen atoms in total. The van der Waals surface area contributed by atoms with E-state index < -0.39 is 0 Å². The van der Waals surface area contributed by atoms with Crippen molar-refractivity contribution in [2.24, 2.45) is 0 Å². The van der Waals surface area contributed by atoms with Gasteiger partial charge in [0.05, 0.1) is 19.3 Å². The molecule has 24 heavy (non-hydrogen) atoms. The Kier molecular flexibility index (Phi) is 5.42. The number of aryl methyl sites for hydroxylation is 2. The third kappa shape index (κ3) is 4.30. The van der Waals surface area contributed by atoms with Crippen LogP contribution in [0.2, 0.25) is 0 Å². The van der Waals surface area contributed by atoms with Crippen LogP contribution in [-0.2, 0) is 11.3 Å². The van der Waals surface area contributed by atoms with Gasteiger partial charge < -0.3 is 9.47 Å². The molecule has 1 aliphatic heterocycles. The van der Waals surface area contributed by atoms with Crippen LogP contribution in [0.1, 0.15) is 11.6 Å². The lowest BCUT2D eigenvalue weighted by Crippen LogP contribution is -2.45. The summed E-state index contributed by atoms with van der Waals surface area (Å²) in [6.07, 6.45) is 0.0759. The first-order valence-corrected chi connectivity index (χ1v) is 8.21. The molecule has 3 rings (SSSR count). The van der Waals surface area contributed by atoms with Gasteiger partial charge in [0, 0.05) is 19.6 Å². The second-order valence-corrected chi connectivity index (χ2v) is 5.96. The highest BCUT2D eigenvalue weighted by Crippen LogP contribution is 2.15. The number of ether oxygens (including phenoxy) is 2. The van der Waals surface area contributed by atoms with Crippen LogP contribution in [-0.4, -0.2) is 58.6 Å². The summed E-state index contributed by atoms with van der Waals surface area (Å²) in [5.74, 6) is 1.65. The first-order valence-electron chi connectivity index (χ1n) is 8.21.